The summed E-state index contributed by atoms with van der Waals surface area (Å²) in [4.78, 5) is 0. The number of aryl methyl sites for hydroxylation is 2. The fourth-order valence-electron chi connectivity index (χ4n) is 2.17. The lowest BCUT2D eigenvalue weighted by atomic mass is 10.2. The van der Waals surface area contributed by atoms with Crippen molar-refractivity contribution in [3.8, 4) is 0 Å². The van der Waals surface area contributed by atoms with Crippen molar-refractivity contribution in [1.82, 2.24) is 4.57 Å². The molecule has 0 aliphatic carbocycles. The van der Waals surface area contributed by atoms with Gasteiger partial charge >= 0.3 is 0 Å². The molecule has 0 saturated heterocycles. The Balaban J connectivity index is 2.33. The lowest BCUT2D eigenvalue weighted by molar-refractivity contribution is 0.616. The molecule has 1 aromatic heterocycles. The molecule has 1 heterocycles. The fourth-order valence-corrected chi connectivity index (χ4v) is 2.51. The summed E-state index contributed by atoms with van der Waals surface area (Å²) >= 11 is 3.54. The second-order valence-electron chi connectivity index (χ2n) is 4.37. The van der Waals surface area contributed by atoms with Gasteiger partial charge in [0.15, 0.2) is 0 Å². The average molecular weight is 280 g/mol. The Bertz CT molecular complexity index is 485. The lowest BCUT2D eigenvalue weighted by Crippen LogP contribution is -1.95. The predicted molar refractivity (Wildman–Crippen MR) is 73.9 cm³/mol. The van der Waals surface area contributed by atoms with E-state index in [9.17, 15) is 0 Å². The van der Waals surface area contributed by atoms with Crippen molar-refractivity contribution in [2.45, 2.75) is 39.7 Å². The van der Waals surface area contributed by atoms with E-state index in [2.05, 4.69) is 58.7 Å². The molecule has 86 valence electrons. The summed E-state index contributed by atoms with van der Waals surface area (Å²) in [5.74, 6) is 0. The van der Waals surface area contributed by atoms with Crippen LogP contribution in [0.5, 0.6) is 0 Å². The normalized spacial score (nSPS) is 11.2. The van der Waals surface area contributed by atoms with Gasteiger partial charge in [-0.2, -0.15) is 0 Å². The van der Waals surface area contributed by atoms with Crippen LogP contribution < -0.4 is 0 Å². The largest absolute Gasteiger partial charge is 0.347 e. The van der Waals surface area contributed by atoms with E-state index < -0.39 is 0 Å². The molecule has 0 aliphatic rings. The Morgan fingerprint density at radius 1 is 1.25 bits per heavy atom. The number of halogens is 1. The smallest absolute Gasteiger partial charge is 0.0494 e. The molecule has 0 radical (unpaired) electrons. The van der Waals surface area contributed by atoms with Gasteiger partial charge in [0.1, 0.15) is 0 Å². The van der Waals surface area contributed by atoms with E-state index >= 15 is 0 Å². The first kappa shape index (κ1) is 11.7. The molecule has 2 rings (SSSR count). The van der Waals surface area contributed by atoms with Crippen LogP contribution in [0.3, 0.4) is 0 Å². The summed E-state index contributed by atoms with van der Waals surface area (Å²) in [6, 6.07) is 6.53. The molecule has 0 N–H and O–H groups in total. The van der Waals surface area contributed by atoms with Gasteiger partial charge in [-0.1, -0.05) is 41.8 Å². The van der Waals surface area contributed by atoms with Crippen molar-refractivity contribution < 1.29 is 0 Å². The minimum atomic E-state index is 1.13. The number of rotatable bonds is 4. The molecule has 0 amide bonds. The first-order valence-electron chi connectivity index (χ1n) is 5.97. The maximum absolute atomic E-state index is 3.54. The molecule has 0 bridgehead atoms. The van der Waals surface area contributed by atoms with Crippen LogP contribution in [-0.4, -0.2) is 4.57 Å². The van der Waals surface area contributed by atoms with Crippen molar-refractivity contribution in [2.24, 2.45) is 0 Å². The number of benzene rings is 1. The Morgan fingerprint density at radius 2 is 2.06 bits per heavy atom. The molecule has 16 heavy (non-hydrogen) atoms. The highest BCUT2D eigenvalue weighted by Crippen LogP contribution is 2.24. The predicted octanol–water partition coefficient (Wildman–Crippen LogP) is 4.90. The number of aromatic nitrogens is 1. The standard InChI is InChI=1S/C14H18BrN/c1-3-4-5-8-16-10-11(2)13-7-6-12(15)9-14(13)16/h6-7,9-10H,3-5,8H2,1-2H3. The van der Waals surface area contributed by atoms with E-state index in [1.807, 2.05) is 0 Å². The zero-order chi connectivity index (χ0) is 11.5. The Morgan fingerprint density at radius 3 is 2.81 bits per heavy atom. The average Bonchev–Trinajstić information content (AvgIpc) is 2.56. The van der Waals surface area contributed by atoms with Crippen molar-refractivity contribution in [1.29, 1.82) is 0 Å². The van der Waals surface area contributed by atoms with Crippen LogP contribution in [0.4, 0.5) is 0 Å². The monoisotopic (exact) mass is 279 g/mol. The molecule has 2 aromatic rings. The van der Waals surface area contributed by atoms with Gasteiger partial charge < -0.3 is 4.57 Å². The molecule has 1 aromatic carbocycles. The highest BCUT2D eigenvalue weighted by atomic mass is 79.9. The van der Waals surface area contributed by atoms with Gasteiger partial charge in [-0.05, 0) is 31.0 Å². The van der Waals surface area contributed by atoms with Crippen LogP contribution in [0.1, 0.15) is 31.7 Å². The van der Waals surface area contributed by atoms with Crippen molar-refractivity contribution >= 4 is 26.8 Å². The second-order valence-corrected chi connectivity index (χ2v) is 5.29. The van der Waals surface area contributed by atoms with Gasteiger partial charge in [0.05, 0.1) is 0 Å². The number of hydrogen-bond donors (Lipinski definition) is 0. The highest BCUT2D eigenvalue weighted by Gasteiger charge is 2.05. The molecule has 0 atom stereocenters. The van der Waals surface area contributed by atoms with E-state index in [0.29, 0.717) is 0 Å². The maximum atomic E-state index is 3.54. The third-order valence-electron chi connectivity index (χ3n) is 3.05. The van der Waals surface area contributed by atoms with Gasteiger partial charge in [-0.3, -0.25) is 0 Å². The van der Waals surface area contributed by atoms with Crippen LogP contribution >= 0.6 is 15.9 Å². The van der Waals surface area contributed by atoms with Gasteiger partial charge in [0.25, 0.3) is 0 Å². The summed E-state index contributed by atoms with van der Waals surface area (Å²) in [5.41, 5.74) is 2.72. The highest BCUT2D eigenvalue weighted by molar-refractivity contribution is 9.10. The maximum Gasteiger partial charge on any atom is 0.0494 e. The van der Waals surface area contributed by atoms with E-state index in [0.717, 1.165) is 11.0 Å². The number of unbranched alkanes of at least 4 members (excludes halogenated alkanes) is 2. The van der Waals surface area contributed by atoms with Crippen molar-refractivity contribution in [3.63, 3.8) is 0 Å². The van der Waals surface area contributed by atoms with Crippen LogP contribution in [0, 0.1) is 6.92 Å². The van der Waals surface area contributed by atoms with Gasteiger partial charge in [0, 0.05) is 28.1 Å². The summed E-state index contributed by atoms with van der Waals surface area (Å²) < 4.78 is 3.54. The van der Waals surface area contributed by atoms with Gasteiger partial charge in [-0.15, -0.1) is 0 Å². The minimum Gasteiger partial charge on any atom is -0.347 e. The first-order valence-corrected chi connectivity index (χ1v) is 6.76. The molecule has 2 heteroatoms. The Labute approximate surface area is 106 Å². The minimum absolute atomic E-state index is 1.13. The molecule has 0 saturated carbocycles. The Hall–Kier alpha value is -0.760. The third kappa shape index (κ3) is 2.32. The molecular formula is C14H18BrN. The molecule has 0 spiro atoms. The quantitative estimate of drug-likeness (QED) is 0.702. The van der Waals surface area contributed by atoms with Gasteiger partial charge in [-0.25, -0.2) is 0 Å². The SMILES string of the molecule is CCCCCn1cc(C)c2ccc(Br)cc21. The number of fused-ring (bicyclic) bond motifs is 1. The zero-order valence-electron chi connectivity index (χ0n) is 9.96. The van der Waals surface area contributed by atoms with Crippen molar-refractivity contribution in [3.05, 3.63) is 34.4 Å². The third-order valence-corrected chi connectivity index (χ3v) is 3.54. The fraction of sp³-hybridized carbons (Fsp3) is 0.429. The first-order chi connectivity index (χ1) is 7.72. The Kier molecular flexibility index (Phi) is 3.70. The molecule has 0 fully saturated rings. The zero-order valence-corrected chi connectivity index (χ0v) is 11.5. The van der Waals surface area contributed by atoms with Crippen LogP contribution in [-0.2, 0) is 6.54 Å². The van der Waals surface area contributed by atoms with Crippen LogP contribution in [0.25, 0.3) is 10.9 Å². The van der Waals surface area contributed by atoms with E-state index in [-0.39, 0.29) is 0 Å². The molecule has 1 nitrogen and oxygen atoms in total. The number of hydrogen-bond acceptors (Lipinski definition) is 0. The van der Waals surface area contributed by atoms with Crippen molar-refractivity contribution in [2.75, 3.05) is 0 Å². The van der Waals surface area contributed by atoms with Crippen LogP contribution in [0.2, 0.25) is 0 Å². The van der Waals surface area contributed by atoms with Crippen LogP contribution in [0.15, 0.2) is 28.9 Å². The second kappa shape index (κ2) is 5.05. The van der Waals surface area contributed by atoms with Gasteiger partial charge in [0.2, 0.25) is 0 Å². The topological polar surface area (TPSA) is 4.93 Å². The summed E-state index contributed by atoms with van der Waals surface area (Å²) in [6.45, 7) is 5.57. The summed E-state index contributed by atoms with van der Waals surface area (Å²) in [5, 5.41) is 1.37. The van der Waals surface area contributed by atoms with E-state index in [4.69, 9.17) is 0 Å². The molecular weight excluding hydrogens is 262 g/mol. The molecule has 0 aliphatic heterocycles. The van der Waals surface area contributed by atoms with E-state index in [1.165, 1.54) is 35.7 Å². The molecule has 0 unspecified atom stereocenters. The number of nitrogens with zero attached hydrogens (tertiary/aromatic N) is 1. The summed E-state index contributed by atoms with van der Waals surface area (Å²) in [7, 11) is 0. The summed E-state index contributed by atoms with van der Waals surface area (Å²) in [6.07, 6.45) is 6.13. The lowest BCUT2D eigenvalue weighted by Gasteiger charge is -2.04. The van der Waals surface area contributed by atoms with E-state index in [1.54, 1.807) is 0 Å².